The highest BCUT2D eigenvalue weighted by Gasteiger charge is 2.35. The molecule has 0 aliphatic carbocycles. The molecule has 0 radical (unpaired) electrons. The standard InChI is InChI=1S/C20H17BrFNO4S/c1-3-27-17-10-14(21)13(8-16(17)26-2)9-18-19(24)23(20(25)28-18)11-12-6-4-5-7-15(12)22/h4-10H,3,11H2,1-2H3/b18-9-. The molecule has 0 spiro atoms. The molecule has 1 aliphatic rings. The van der Waals surface area contributed by atoms with E-state index in [0.717, 1.165) is 16.7 Å². The molecule has 5 nitrogen and oxygen atoms in total. The number of benzene rings is 2. The van der Waals surface area contributed by atoms with Crippen LogP contribution in [0.1, 0.15) is 18.1 Å². The van der Waals surface area contributed by atoms with Gasteiger partial charge in [0.15, 0.2) is 11.5 Å². The van der Waals surface area contributed by atoms with Crippen LogP contribution in [0, 0.1) is 5.82 Å². The summed E-state index contributed by atoms with van der Waals surface area (Å²) in [6.07, 6.45) is 1.61. The number of hydrogen-bond acceptors (Lipinski definition) is 5. The molecule has 0 saturated carbocycles. The Bertz CT molecular complexity index is 963. The monoisotopic (exact) mass is 465 g/mol. The lowest BCUT2D eigenvalue weighted by Gasteiger charge is -2.13. The summed E-state index contributed by atoms with van der Waals surface area (Å²) in [6.45, 7) is 2.24. The molecule has 28 heavy (non-hydrogen) atoms. The molecule has 1 aliphatic heterocycles. The first-order valence-corrected chi connectivity index (χ1v) is 10.0. The van der Waals surface area contributed by atoms with Crippen molar-refractivity contribution >= 4 is 44.9 Å². The first kappa shape index (κ1) is 20.4. The van der Waals surface area contributed by atoms with E-state index >= 15 is 0 Å². The molecule has 2 aromatic carbocycles. The lowest BCUT2D eigenvalue weighted by Crippen LogP contribution is -2.27. The van der Waals surface area contributed by atoms with Gasteiger partial charge in [-0.1, -0.05) is 34.1 Å². The maximum atomic E-state index is 13.9. The van der Waals surface area contributed by atoms with E-state index in [1.54, 1.807) is 36.4 Å². The Morgan fingerprint density at radius 2 is 1.96 bits per heavy atom. The molecular weight excluding hydrogens is 449 g/mol. The normalized spacial score (nSPS) is 15.4. The third-order valence-corrected chi connectivity index (χ3v) is 5.62. The van der Waals surface area contributed by atoms with Crippen LogP contribution in [0.4, 0.5) is 9.18 Å². The van der Waals surface area contributed by atoms with Crippen molar-refractivity contribution in [3.05, 3.63) is 62.7 Å². The van der Waals surface area contributed by atoms with Crippen molar-refractivity contribution in [2.24, 2.45) is 0 Å². The second-order valence-electron chi connectivity index (χ2n) is 5.82. The highest BCUT2D eigenvalue weighted by atomic mass is 79.9. The Balaban J connectivity index is 1.88. The predicted molar refractivity (Wildman–Crippen MR) is 110 cm³/mol. The van der Waals surface area contributed by atoms with Crippen LogP contribution in [0.5, 0.6) is 11.5 Å². The molecule has 2 aromatic rings. The van der Waals surface area contributed by atoms with E-state index in [0.29, 0.717) is 28.1 Å². The predicted octanol–water partition coefficient (Wildman–Crippen LogP) is 5.23. The number of thioether (sulfide) groups is 1. The average Bonchev–Trinajstić information content (AvgIpc) is 2.93. The number of hydrogen-bond donors (Lipinski definition) is 0. The second-order valence-corrected chi connectivity index (χ2v) is 7.66. The van der Waals surface area contributed by atoms with Gasteiger partial charge < -0.3 is 9.47 Å². The van der Waals surface area contributed by atoms with Gasteiger partial charge in [0.1, 0.15) is 5.82 Å². The van der Waals surface area contributed by atoms with Gasteiger partial charge in [-0.05, 0) is 48.5 Å². The number of amides is 2. The minimum atomic E-state index is -0.460. The minimum Gasteiger partial charge on any atom is -0.493 e. The first-order valence-electron chi connectivity index (χ1n) is 8.43. The Kier molecular flexibility index (Phi) is 6.41. The Labute approximate surface area is 174 Å². The molecule has 2 amide bonds. The van der Waals surface area contributed by atoms with Gasteiger partial charge in [-0.2, -0.15) is 0 Å². The number of methoxy groups -OCH3 is 1. The van der Waals surface area contributed by atoms with Crippen molar-refractivity contribution in [2.75, 3.05) is 13.7 Å². The Morgan fingerprint density at radius 3 is 2.64 bits per heavy atom. The zero-order valence-electron chi connectivity index (χ0n) is 15.2. The van der Waals surface area contributed by atoms with Crippen LogP contribution < -0.4 is 9.47 Å². The highest BCUT2D eigenvalue weighted by Crippen LogP contribution is 2.38. The van der Waals surface area contributed by atoms with Crippen molar-refractivity contribution in [3.63, 3.8) is 0 Å². The van der Waals surface area contributed by atoms with Crippen LogP contribution in [0.2, 0.25) is 0 Å². The summed E-state index contributed by atoms with van der Waals surface area (Å²) in [5.74, 6) is 0.172. The third-order valence-electron chi connectivity index (χ3n) is 4.03. The van der Waals surface area contributed by atoms with E-state index in [1.165, 1.54) is 13.2 Å². The summed E-state index contributed by atoms with van der Waals surface area (Å²) < 4.78 is 25.4. The van der Waals surface area contributed by atoms with Gasteiger partial charge in [0.25, 0.3) is 11.1 Å². The van der Waals surface area contributed by atoms with E-state index in [2.05, 4.69) is 15.9 Å². The summed E-state index contributed by atoms with van der Waals surface area (Å²) in [6, 6.07) is 9.54. The largest absolute Gasteiger partial charge is 0.493 e. The number of ether oxygens (including phenoxy) is 2. The highest BCUT2D eigenvalue weighted by molar-refractivity contribution is 9.10. The van der Waals surface area contributed by atoms with Crippen molar-refractivity contribution in [1.29, 1.82) is 0 Å². The molecule has 0 aromatic heterocycles. The van der Waals surface area contributed by atoms with Crippen LogP contribution in [0.3, 0.4) is 0 Å². The molecule has 3 rings (SSSR count). The number of nitrogens with zero attached hydrogens (tertiary/aromatic N) is 1. The molecular formula is C20H17BrFNO4S. The molecule has 1 saturated heterocycles. The van der Waals surface area contributed by atoms with Gasteiger partial charge in [0, 0.05) is 10.0 Å². The summed E-state index contributed by atoms with van der Waals surface area (Å²) in [5, 5.41) is -0.437. The molecule has 146 valence electrons. The maximum absolute atomic E-state index is 13.9. The molecule has 0 atom stereocenters. The van der Waals surface area contributed by atoms with Gasteiger partial charge >= 0.3 is 0 Å². The topological polar surface area (TPSA) is 55.8 Å². The molecule has 0 unspecified atom stereocenters. The minimum absolute atomic E-state index is 0.109. The fourth-order valence-corrected chi connectivity index (χ4v) is 3.93. The van der Waals surface area contributed by atoms with Crippen LogP contribution in [0.15, 0.2) is 45.8 Å². The van der Waals surface area contributed by atoms with Crippen molar-refractivity contribution in [2.45, 2.75) is 13.5 Å². The van der Waals surface area contributed by atoms with Crippen molar-refractivity contribution < 1.29 is 23.5 Å². The number of rotatable bonds is 6. The van der Waals surface area contributed by atoms with E-state index in [-0.39, 0.29) is 17.0 Å². The number of halogens is 2. The van der Waals surface area contributed by atoms with Crippen molar-refractivity contribution in [1.82, 2.24) is 4.90 Å². The van der Waals surface area contributed by atoms with Crippen LogP contribution >= 0.6 is 27.7 Å². The van der Waals surface area contributed by atoms with E-state index in [9.17, 15) is 14.0 Å². The fraction of sp³-hybridized carbons (Fsp3) is 0.200. The SMILES string of the molecule is CCOc1cc(Br)c(/C=C2\SC(=O)N(Cc3ccccc3F)C2=O)cc1OC. The van der Waals surface area contributed by atoms with E-state index in [4.69, 9.17) is 9.47 Å². The average molecular weight is 466 g/mol. The maximum Gasteiger partial charge on any atom is 0.293 e. The second kappa shape index (κ2) is 8.79. The Hall–Kier alpha value is -2.32. The van der Waals surface area contributed by atoms with Gasteiger partial charge in [-0.25, -0.2) is 4.39 Å². The van der Waals surface area contributed by atoms with Gasteiger partial charge in [0.05, 0.1) is 25.2 Å². The van der Waals surface area contributed by atoms with Gasteiger partial charge in [-0.15, -0.1) is 0 Å². The summed E-state index contributed by atoms with van der Waals surface area (Å²) in [4.78, 5) is 26.3. The lowest BCUT2D eigenvalue weighted by atomic mass is 10.1. The van der Waals surface area contributed by atoms with Gasteiger partial charge in [-0.3, -0.25) is 14.5 Å². The van der Waals surface area contributed by atoms with E-state index in [1.807, 2.05) is 6.92 Å². The lowest BCUT2D eigenvalue weighted by molar-refractivity contribution is -0.123. The molecule has 0 bridgehead atoms. The summed E-state index contributed by atoms with van der Waals surface area (Å²) in [5.41, 5.74) is 0.951. The summed E-state index contributed by atoms with van der Waals surface area (Å²) >= 11 is 4.27. The molecule has 1 heterocycles. The first-order chi connectivity index (χ1) is 13.4. The molecule has 0 N–H and O–H groups in total. The smallest absolute Gasteiger partial charge is 0.293 e. The molecule has 8 heteroatoms. The third kappa shape index (κ3) is 4.23. The fourth-order valence-electron chi connectivity index (χ4n) is 2.66. The van der Waals surface area contributed by atoms with Crippen LogP contribution in [-0.4, -0.2) is 29.8 Å². The van der Waals surface area contributed by atoms with Crippen LogP contribution in [-0.2, 0) is 11.3 Å². The van der Waals surface area contributed by atoms with E-state index < -0.39 is 17.0 Å². The molecule has 1 fully saturated rings. The van der Waals surface area contributed by atoms with Crippen molar-refractivity contribution in [3.8, 4) is 11.5 Å². The zero-order chi connectivity index (χ0) is 20.3. The number of carbonyl (C=O) groups is 2. The Morgan fingerprint density at radius 1 is 1.21 bits per heavy atom. The zero-order valence-corrected chi connectivity index (χ0v) is 17.6. The van der Waals surface area contributed by atoms with Crippen LogP contribution in [0.25, 0.3) is 6.08 Å². The number of carbonyl (C=O) groups excluding carboxylic acids is 2. The summed E-state index contributed by atoms with van der Waals surface area (Å²) in [7, 11) is 1.53. The van der Waals surface area contributed by atoms with Gasteiger partial charge in [0.2, 0.25) is 0 Å². The quantitative estimate of drug-likeness (QED) is 0.546. The number of imide groups is 1.